The molecule has 0 bridgehead atoms. The number of hydrogen-bond donors (Lipinski definition) is 1. The van der Waals surface area contributed by atoms with Gasteiger partial charge in [-0.2, -0.15) is 0 Å². The van der Waals surface area contributed by atoms with Crippen LogP contribution >= 0.6 is 0 Å². The standard InChI is InChI=1S/C30H35FN4O/c1-18(2)26-23-15-21(20-10-13-35(14-11-20)19(3)4)8-9-25(23)33-29(26)24-17-34(5)30(36)27(28(24)31)22-7-6-12-32-16-22/h6-9,12,15-20,33H,10-11,13-14H2,1-5H3. The Morgan fingerprint density at radius 3 is 2.50 bits per heavy atom. The zero-order valence-corrected chi connectivity index (χ0v) is 21.8. The molecule has 1 aliphatic heterocycles. The van der Waals surface area contributed by atoms with E-state index in [0.29, 0.717) is 23.1 Å². The molecular weight excluding hydrogens is 451 g/mol. The first kappa shape index (κ1) is 24.4. The van der Waals surface area contributed by atoms with Gasteiger partial charge in [0.25, 0.3) is 5.56 Å². The molecule has 1 aliphatic rings. The third-order valence-corrected chi connectivity index (χ3v) is 7.70. The van der Waals surface area contributed by atoms with E-state index in [9.17, 15) is 4.79 Å². The van der Waals surface area contributed by atoms with Crippen molar-refractivity contribution in [3.8, 4) is 22.4 Å². The van der Waals surface area contributed by atoms with Gasteiger partial charge in [0, 0.05) is 48.1 Å². The van der Waals surface area contributed by atoms with Crippen molar-refractivity contribution in [2.75, 3.05) is 13.1 Å². The average molecular weight is 487 g/mol. The molecule has 4 heterocycles. The molecule has 1 fully saturated rings. The number of halogens is 1. The molecule has 0 spiro atoms. The largest absolute Gasteiger partial charge is 0.354 e. The predicted octanol–water partition coefficient (Wildman–Crippen LogP) is 6.45. The zero-order chi connectivity index (χ0) is 25.6. The van der Waals surface area contributed by atoms with Crippen molar-refractivity contribution < 1.29 is 4.39 Å². The van der Waals surface area contributed by atoms with Crippen LogP contribution in [0.1, 0.15) is 63.5 Å². The molecule has 0 radical (unpaired) electrons. The lowest BCUT2D eigenvalue weighted by atomic mass is 9.87. The summed E-state index contributed by atoms with van der Waals surface area (Å²) in [4.78, 5) is 23.1. The number of benzene rings is 1. The highest BCUT2D eigenvalue weighted by Crippen LogP contribution is 2.40. The van der Waals surface area contributed by atoms with E-state index in [0.717, 1.165) is 48.1 Å². The fourth-order valence-electron chi connectivity index (χ4n) is 5.69. The number of aryl methyl sites for hydroxylation is 1. The van der Waals surface area contributed by atoms with Crippen LogP contribution in [0.3, 0.4) is 0 Å². The van der Waals surface area contributed by atoms with Crippen LogP contribution in [0, 0.1) is 5.82 Å². The minimum Gasteiger partial charge on any atom is -0.354 e. The second-order valence-electron chi connectivity index (χ2n) is 10.7. The molecule has 0 atom stereocenters. The maximum absolute atomic E-state index is 16.1. The number of pyridine rings is 2. The number of rotatable bonds is 5. The Kier molecular flexibility index (Phi) is 6.56. The van der Waals surface area contributed by atoms with E-state index in [1.54, 1.807) is 31.6 Å². The van der Waals surface area contributed by atoms with Crippen LogP contribution in [-0.4, -0.2) is 38.6 Å². The Balaban J connectivity index is 1.63. The van der Waals surface area contributed by atoms with E-state index in [1.165, 1.54) is 16.3 Å². The molecule has 0 unspecified atom stereocenters. The first-order valence-electron chi connectivity index (χ1n) is 13.0. The summed E-state index contributed by atoms with van der Waals surface area (Å²) in [5, 5.41) is 1.14. The monoisotopic (exact) mass is 486 g/mol. The van der Waals surface area contributed by atoms with E-state index in [2.05, 4.69) is 60.8 Å². The molecule has 1 saturated heterocycles. The number of nitrogens with one attached hydrogen (secondary N) is 1. The zero-order valence-electron chi connectivity index (χ0n) is 21.8. The maximum atomic E-state index is 16.1. The molecule has 0 aliphatic carbocycles. The van der Waals surface area contributed by atoms with E-state index < -0.39 is 5.82 Å². The minimum atomic E-state index is -0.513. The Hall–Kier alpha value is -3.25. The van der Waals surface area contributed by atoms with E-state index >= 15 is 4.39 Å². The van der Waals surface area contributed by atoms with Crippen molar-refractivity contribution in [2.45, 2.75) is 58.4 Å². The summed E-state index contributed by atoms with van der Waals surface area (Å²) in [5.41, 5.74) is 4.74. The molecule has 0 amide bonds. The van der Waals surface area contributed by atoms with Crippen LogP contribution in [-0.2, 0) is 7.05 Å². The maximum Gasteiger partial charge on any atom is 0.261 e. The minimum absolute atomic E-state index is 0.0501. The summed E-state index contributed by atoms with van der Waals surface area (Å²) in [5.74, 6) is 0.195. The van der Waals surface area contributed by atoms with Gasteiger partial charge in [-0.3, -0.25) is 9.78 Å². The van der Waals surface area contributed by atoms with E-state index in [4.69, 9.17) is 0 Å². The number of fused-ring (bicyclic) bond motifs is 1. The number of H-pyrrole nitrogens is 1. The van der Waals surface area contributed by atoms with Crippen molar-refractivity contribution in [2.24, 2.45) is 7.05 Å². The first-order chi connectivity index (χ1) is 17.3. The van der Waals surface area contributed by atoms with Crippen molar-refractivity contribution >= 4 is 10.9 Å². The van der Waals surface area contributed by atoms with Gasteiger partial charge in [-0.15, -0.1) is 0 Å². The van der Waals surface area contributed by atoms with Crippen LogP contribution in [0.4, 0.5) is 4.39 Å². The van der Waals surface area contributed by atoms with Gasteiger partial charge < -0.3 is 14.5 Å². The van der Waals surface area contributed by atoms with E-state index in [1.807, 2.05) is 0 Å². The molecule has 36 heavy (non-hydrogen) atoms. The van der Waals surface area contributed by atoms with Gasteiger partial charge in [-0.25, -0.2) is 4.39 Å². The molecule has 5 rings (SSSR count). The van der Waals surface area contributed by atoms with Gasteiger partial charge in [-0.1, -0.05) is 26.0 Å². The van der Waals surface area contributed by atoms with Crippen LogP contribution in [0.5, 0.6) is 0 Å². The van der Waals surface area contributed by atoms with Gasteiger partial charge in [-0.05, 0) is 80.9 Å². The predicted molar refractivity (Wildman–Crippen MR) is 145 cm³/mol. The highest BCUT2D eigenvalue weighted by Gasteiger charge is 2.26. The van der Waals surface area contributed by atoms with Crippen molar-refractivity contribution in [3.05, 3.63) is 76.2 Å². The van der Waals surface area contributed by atoms with E-state index in [-0.39, 0.29) is 17.0 Å². The fourth-order valence-corrected chi connectivity index (χ4v) is 5.69. The number of aromatic amines is 1. The average Bonchev–Trinajstić information content (AvgIpc) is 3.26. The van der Waals surface area contributed by atoms with Gasteiger partial charge in [0.15, 0.2) is 0 Å². The second kappa shape index (κ2) is 9.66. The molecule has 188 valence electrons. The second-order valence-corrected chi connectivity index (χ2v) is 10.7. The smallest absolute Gasteiger partial charge is 0.261 e. The van der Waals surface area contributed by atoms with Crippen molar-refractivity contribution in [3.63, 3.8) is 0 Å². The molecule has 3 aromatic heterocycles. The Bertz CT molecular complexity index is 1440. The molecule has 0 saturated carbocycles. The van der Waals surface area contributed by atoms with Crippen LogP contribution in [0.2, 0.25) is 0 Å². The summed E-state index contributed by atoms with van der Waals surface area (Å²) < 4.78 is 17.5. The lowest BCUT2D eigenvalue weighted by molar-refractivity contribution is 0.172. The summed E-state index contributed by atoms with van der Waals surface area (Å²) in [7, 11) is 1.67. The molecular formula is C30H35FN4O. The number of nitrogens with zero attached hydrogens (tertiary/aromatic N) is 3. The summed E-state index contributed by atoms with van der Waals surface area (Å²) in [6, 6.07) is 10.7. The summed E-state index contributed by atoms with van der Waals surface area (Å²) >= 11 is 0. The van der Waals surface area contributed by atoms with Crippen LogP contribution < -0.4 is 5.56 Å². The quantitative estimate of drug-likeness (QED) is 0.353. The molecule has 1 aromatic carbocycles. The summed E-state index contributed by atoms with van der Waals surface area (Å²) in [6.45, 7) is 11.1. The number of piperidine rings is 1. The number of aromatic nitrogens is 3. The molecule has 4 aromatic rings. The molecule has 1 N–H and O–H groups in total. The third kappa shape index (κ3) is 4.28. The normalized spacial score (nSPS) is 15.4. The summed E-state index contributed by atoms with van der Waals surface area (Å²) in [6.07, 6.45) is 7.07. The van der Waals surface area contributed by atoms with Crippen LogP contribution in [0.25, 0.3) is 33.3 Å². The van der Waals surface area contributed by atoms with Gasteiger partial charge in [0.2, 0.25) is 0 Å². The molecule has 5 nitrogen and oxygen atoms in total. The van der Waals surface area contributed by atoms with Gasteiger partial charge in [0.1, 0.15) is 5.82 Å². The Morgan fingerprint density at radius 1 is 1.11 bits per heavy atom. The number of hydrogen-bond acceptors (Lipinski definition) is 3. The third-order valence-electron chi connectivity index (χ3n) is 7.70. The SMILES string of the molecule is CC(C)c1c(-c2cn(C)c(=O)c(-c3cccnc3)c2F)[nH]c2ccc(C3CCN(C(C)C)CC3)cc12. The van der Waals surface area contributed by atoms with Gasteiger partial charge >= 0.3 is 0 Å². The Labute approximate surface area is 212 Å². The van der Waals surface area contributed by atoms with Crippen molar-refractivity contribution in [1.29, 1.82) is 0 Å². The molecule has 6 heteroatoms. The highest BCUT2D eigenvalue weighted by molar-refractivity contribution is 5.92. The first-order valence-corrected chi connectivity index (χ1v) is 13.0. The van der Waals surface area contributed by atoms with Crippen molar-refractivity contribution in [1.82, 2.24) is 19.4 Å². The number of likely N-dealkylation sites (tertiary alicyclic amines) is 1. The fraction of sp³-hybridized carbons (Fsp3) is 0.400. The lowest BCUT2D eigenvalue weighted by Crippen LogP contribution is -2.37. The van der Waals surface area contributed by atoms with Gasteiger partial charge in [0.05, 0.1) is 16.8 Å². The highest BCUT2D eigenvalue weighted by atomic mass is 19.1. The topological polar surface area (TPSA) is 53.9 Å². The lowest BCUT2D eigenvalue weighted by Gasteiger charge is -2.34. The van der Waals surface area contributed by atoms with Crippen LogP contribution in [0.15, 0.2) is 53.7 Å². The Morgan fingerprint density at radius 2 is 1.86 bits per heavy atom.